The van der Waals surface area contributed by atoms with E-state index in [1.807, 2.05) is 28.5 Å². The monoisotopic (exact) mass is 577 g/mol. The molecule has 4 heterocycles. The number of nitrogens with zero attached hydrogens (tertiary/aromatic N) is 5. The highest BCUT2D eigenvalue weighted by atomic mass is 32.2. The summed E-state index contributed by atoms with van der Waals surface area (Å²) in [5, 5.41) is 0.931. The van der Waals surface area contributed by atoms with E-state index < -0.39 is 0 Å². The number of amides is 1. The highest BCUT2D eigenvalue weighted by molar-refractivity contribution is 7.99. The Kier molecular flexibility index (Phi) is 7.65. The average molecular weight is 578 g/mol. The summed E-state index contributed by atoms with van der Waals surface area (Å²) >= 11 is 1.77. The fraction of sp³-hybridized carbons (Fsp3) is 0.452. The molecule has 2 fully saturated rings. The first-order valence-electron chi connectivity index (χ1n) is 14.2. The summed E-state index contributed by atoms with van der Waals surface area (Å²) in [6.45, 7) is 14.5. The molecule has 8 nitrogen and oxygen atoms in total. The highest BCUT2D eigenvalue weighted by Gasteiger charge is 2.35. The minimum absolute atomic E-state index is 0.0412. The predicted octanol–water partition coefficient (Wildman–Crippen LogP) is 3.93. The van der Waals surface area contributed by atoms with Crippen LogP contribution in [0.25, 0.3) is 22.0 Å². The maximum Gasteiger partial charge on any atom is 0.350 e. The van der Waals surface area contributed by atoms with Crippen LogP contribution in [0.5, 0.6) is 0 Å². The Balaban J connectivity index is 1.53. The SMILES string of the molecule is C=CC(=O)N1C[C@H](C)N(c2nc(=O)n3c4c(c(-c5ccc(F)cc5)c(C)cc24)SCC(N2CCOCC2)C3)C[C@H]1C. The molecule has 6 rings (SSSR count). The van der Waals surface area contributed by atoms with Crippen molar-refractivity contribution < 1.29 is 13.9 Å². The number of thioether (sulfide) groups is 1. The van der Waals surface area contributed by atoms with Crippen LogP contribution < -0.4 is 10.6 Å². The van der Waals surface area contributed by atoms with E-state index >= 15 is 0 Å². The van der Waals surface area contributed by atoms with Gasteiger partial charge >= 0.3 is 5.69 Å². The van der Waals surface area contributed by atoms with Crippen LogP contribution in [-0.2, 0) is 16.1 Å². The van der Waals surface area contributed by atoms with Gasteiger partial charge in [-0.15, -0.1) is 11.8 Å². The summed E-state index contributed by atoms with van der Waals surface area (Å²) in [7, 11) is 0. The number of piperazine rings is 1. The number of aryl methyl sites for hydroxylation is 1. The Hall–Kier alpha value is -3.21. The van der Waals surface area contributed by atoms with Crippen molar-refractivity contribution >= 4 is 34.4 Å². The molecular weight excluding hydrogens is 541 g/mol. The molecule has 3 atom stereocenters. The van der Waals surface area contributed by atoms with Crippen molar-refractivity contribution in [3.05, 3.63) is 64.9 Å². The lowest BCUT2D eigenvalue weighted by atomic mass is 9.97. The van der Waals surface area contributed by atoms with Crippen molar-refractivity contribution in [1.82, 2.24) is 19.4 Å². The van der Waals surface area contributed by atoms with E-state index in [2.05, 4.69) is 36.3 Å². The summed E-state index contributed by atoms with van der Waals surface area (Å²) in [4.78, 5) is 38.6. The van der Waals surface area contributed by atoms with Crippen molar-refractivity contribution in [2.45, 2.75) is 50.3 Å². The van der Waals surface area contributed by atoms with Crippen molar-refractivity contribution in [2.75, 3.05) is 50.0 Å². The Morgan fingerprint density at radius 1 is 1.12 bits per heavy atom. The smallest absolute Gasteiger partial charge is 0.350 e. The Morgan fingerprint density at radius 3 is 2.56 bits per heavy atom. The fourth-order valence-corrected chi connectivity index (χ4v) is 7.93. The van der Waals surface area contributed by atoms with Gasteiger partial charge in [-0.25, -0.2) is 9.18 Å². The molecule has 0 N–H and O–H groups in total. The van der Waals surface area contributed by atoms with E-state index in [9.17, 15) is 14.0 Å². The zero-order valence-corrected chi connectivity index (χ0v) is 24.6. The molecule has 3 aliphatic rings. The number of morpholine rings is 1. The molecule has 2 aromatic carbocycles. The van der Waals surface area contributed by atoms with E-state index in [4.69, 9.17) is 9.72 Å². The second-order valence-corrected chi connectivity index (χ2v) is 12.3. The van der Waals surface area contributed by atoms with Gasteiger partial charge in [0, 0.05) is 72.4 Å². The zero-order valence-electron chi connectivity index (χ0n) is 23.8. The number of halogens is 1. The molecule has 0 saturated carbocycles. The number of anilines is 1. The molecule has 0 radical (unpaired) electrons. The molecule has 216 valence electrons. The van der Waals surface area contributed by atoms with Gasteiger partial charge in [0.2, 0.25) is 5.91 Å². The summed E-state index contributed by atoms with van der Waals surface area (Å²) < 4.78 is 21.4. The highest BCUT2D eigenvalue weighted by Crippen LogP contribution is 2.44. The lowest BCUT2D eigenvalue weighted by Gasteiger charge is -2.44. The second kappa shape index (κ2) is 11.2. The van der Waals surface area contributed by atoms with Crippen molar-refractivity contribution in [2.24, 2.45) is 0 Å². The minimum Gasteiger partial charge on any atom is -0.379 e. The lowest BCUT2D eigenvalue weighted by molar-refractivity contribution is -0.128. The molecule has 1 amide bonds. The summed E-state index contributed by atoms with van der Waals surface area (Å²) in [5.74, 6) is 1.11. The normalized spacial score (nSPS) is 23.5. The van der Waals surface area contributed by atoms with E-state index in [1.54, 1.807) is 11.8 Å². The third-order valence-electron chi connectivity index (χ3n) is 8.62. The number of hydrogen-bond donors (Lipinski definition) is 0. The zero-order chi connectivity index (χ0) is 28.8. The number of aromatic nitrogens is 2. The van der Waals surface area contributed by atoms with Gasteiger partial charge in [0.1, 0.15) is 11.6 Å². The number of hydrogen-bond acceptors (Lipinski definition) is 7. The fourth-order valence-electron chi connectivity index (χ4n) is 6.48. The van der Waals surface area contributed by atoms with Crippen LogP contribution >= 0.6 is 11.8 Å². The molecule has 3 aromatic rings. The summed E-state index contributed by atoms with van der Waals surface area (Å²) in [6.07, 6.45) is 1.36. The van der Waals surface area contributed by atoms with Gasteiger partial charge in [0.15, 0.2) is 0 Å². The lowest BCUT2D eigenvalue weighted by Crippen LogP contribution is -2.58. The van der Waals surface area contributed by atoms with Crippen LogP contribution in [0.1, 0.15) is 19.4 Å². The standard InChI is InChI=1S/C31H36FN5O3S/c1-5-26(38)35-15-21(4)36(16-20(35)3)30-25-14-19(2)27(22-6-8-23(32)9-7-22)29-28(25)37(31(39)33-30)17-24(18-41-29)34-10-12-40-13-11-34/h5-9,14,20-21,24H,1,10-13,15-18H2,2-4H3/t20-,21+,24?/m1/s1. The first-order valence-corrected chi connectivity index (χ1v) is 15.2. The van der Waals surface area contributed by atoms with Gasteiger partial charge in [-0.2, -0.15) is 4.98 Å². The van der Waals surface area contributed by atoms with Gasteiger partial charge < -0.3 is 14.5 Å². The van der Waals surface area contributed by atoms with Crippen molar-refractivity contribution in [1.29, 1.82) is 0 Å². The van der Waals surface area contributed by atoms with Crippen molar-refractivity contribution in [3.63, 3.8) is 0 Å². The molecule has 41 heavy (non-hydrogen) atoms. The molecule has 1 aromatic heterocycles. The Bertz CT molecular complexity index is 1550. The van der Waals surface area contributed by atoms with E-state index in [0.717, 1.165) is 51.3 Å². The molecule has 0 aliphatic carbocycles. The van der Waals surface area contributed by atoms with Crippen molar-refractivity contribution in [3.8, 4) is 11.1 Å². The molecule has 1 unspecified atom stereocenters. The van der Waals surface area contributed by atoms with Gasteiger partial charge in [-0.05, 0) is 56.2 Å². The van der Waals surface area contributed by atoms with Gasteiger partial charge in [0.25, 0.3) is 0 Å². The molecular formula is C31H36FN5O3S. The van der Waals surface area contributed by atoms with Gasteiger partial charge in [-0.3, -0.25) is 14.3 Å². The van der Waals surface area contributed by atoms with Crippen LogP contribution in [0.4, 0.5) is 10.2 Å². The van der Waals surface area contributed by atoms with Crippen LogP contribution in [0.15, 0.2) is 52.7 Å². The van der Waals surface area contributed by atoms with Gasteiger partial charge in [0.05, 0.1) is 18.7 Å². The molecule has 10 heteroatoms. The average Bonchev–Trinajstić information content (AvgIpc) is 3.18. The second-order valence-electron chi connectivity index (χ2n) is 11.3. The minimum atomic E-state index is -0.279. The number of benzene rings is 2. The van der Waals surface area contributed by atoms with E-state index in [1.165, 1.54) is 18.2 Å². The Morgan fingerprint density at radius 2 is 1.85 bits per heavy atom. The largest absolute Gasteiger partial charge is 0.379 e. The van der Waals surface area contributed by atoms with Gasteiger partial charge in [-0.1, -0.05) is 18.7 Å². The van der Waals surface area contributed by atoms with E-state index in [-0.39, 0.29) is 35.5 Å². The first kappa shape index (κ1) is 27.9. The third kappa shape index (κ3) is 5.06. The number of carbonyl (C=O) groups is 1. The quantitative estimate of drug-likeness (QED) is 0.436. The van der Waals surface area contributed by atoms with Crippen LogP contribution in [0, 0.1) is 12.7 Å². The van der Waals surface area contributed by atoms with E-state index in [0.29, 0.717) is 38.7 Å². The maximum atomic E-state index is 13.9. The molecule has 0 spiro atoms. The summed E-state index contributed by atoms with van der Waals surface area (Å²) in [6, 6.07) is 8.78. The van der Waals surface area contributed by atoms with Crippen LogP contribution in [-0.4, -0.2) is 88.5 Å². The number of carbonyl (C=O) groups excluding carboxylic acids is 1. The number of rotatable bonds is 4. The third-order valence-corrected chi connectivity index (χ3v) is 9.86. The van der Waals surface area contributed by atoms with Crippen LogP contribution in [0.2, 0.25) is 0 Å². The number of ether oxygens (including phenoxy) is 1. The first-order chi connectivity index (χ1) is 19.8. The predicted molar refractivity (Wildman–Crippen MR) is 161 cm³/mol. The molecule has 3 aliphatic heterocycles. The topological polar surface area (TPSA) is 70.9 Å². The Labute approximate surface area is 243 Å². The summed E-state index contributed by atoms with van der Waals surface area (Å²) in [5.41, 5.74) is 3.61. The maximum absolute atomic E-state index is 13.9. The molecule has 2 saturated heterocycles. The molecule has 0 bridgehead atoms. The van der Waals surface area contributed by atoms with Crippen LogP contribution in [0.3, 0.4) is 0 Å².